The van der Waals surface area contributed by atoms with Gasteiger partial charge in [0.2, 0.25) is 5.75 Å². The molecule has 8 nitrogen and oxygen atoms in total. The van der Waals surface area contributed by atoms with Gasteiger partial charge in [-0.05, 0) is 31.5 Å². The fraction of sp³-hybridized carbons (Fsp3) is 0.474. The lowest BCUT2D eigenvalue weighted by molar-refractivity contribution is 0.0763. The molecule has 1 amide bonds. The Hall–Kier alpha value is -2.74. The summed E-state index contributed by atoms with van der Waals surface area (Å²) in [7, 11) is 4.53. The Bertz CT molecular complexity index is 794. The van der Waals surface area contributed by atoms with Crippen molar-refractivity contribution in [3.63, 3.8) is 0 Å². The van der Waals surface area contributed by atoms with Crippen molar-refractivity contribution in [2.75, 3.05) is 34.4 Å². The standard InChI is InChI=1S/C19H25N3O5/c1-11-5-14(21-20-11)6-13-9-22(10-15(13)23)19(24)12-7-16(25-2)18(27-4)17(8-12)26-3/h5,7-8,13,15,23H,6,9-10H2,1-4H3,(H,20,21)/t13-,15-/m1/s1. The number of hydrogen-bond acceptors (Lipinski definition) is 6. The Balaban J connectivity index is 1.78. The molecule has 2 atom stereocenters. The largest absolute Gasteiger partial charge is 0.493 e. The molecular formula is C19H25N3O5. The first kappa shape index (κ1) is 19.0. The highest BCUT2D eigenvalue weighted by Crippen LogP contribution is 2.38. The molecule has 2 aromatic rings. The van der Waals surface area contributed by atoms with Crippen molar-refractivity contribution in [3.05, 3.63) is 35.2 Å². The highest BCUT2D eigenvalue weighted by Gasteiger charge is 2.35. The van der Waals surface area contributed by atoms with E-state index in [4.69, 9.17) is 14.2 Å². The number of ether oxygens (including phenoxy) is 3. The number of carbonyl (C=O) groups excluding carboxylic acids is 1. The Labute approximate surface area is 158 Å². The number of H-pyrrole nitrogens is 1. The fourth-order valence-electron chi connectivity index (χ4n) is 3.46. The second-order valence-electron chi connectivity index (χ2n) is 6.70. The number of aromatic nitrogens is 2. The normalized spacial score (nSPS) is 19.2. The lowest BCUT2D eigenvalue weighted by atomic mass is 10.0. The summed E-state index contributed by atoms with van der Waals surface area (Å²) in [5.74, 6) is 1.03. The first-order valence-corrected chi connectivity index (χ1v) is 8.75. The first-order chi connectivity index (χ1) is 13.0. The predicted molar refractivity (Wildman–Crippen MR) is 98.5 cm³/mol. The summed E-state index contributed by atoms with van der Waals surface area (Å²) < 4.78 is 15.9. The molecule has 8 heteroatoms. The van der Waals surface area contributed by atoms with Gasteiger partial charge in [-0.15, -0.1) is 0 Å². The Morgan fingerprint density at radius 2 is 1.85 bits per heavy atom. The number of rotatable bonds is 6. The average Bonchev–Trinajstić information content (AvgIpc) is 3.25. The van der Waals surface area contributed by atoms with Gasteiger partial charge in [0.25, 0.3) is 5.91 Å². The van der Waals surface area contributed by atoms with Gasteiger partial charge in [0.05, 0.1) is 33.1 Å². The van der Waals surface area contributed by atoms with E-state index in [0.29, 0.717) is 35.8 Å². The fourth-order valence-corrected chi connectivity index (χ4v) is 3.46. The summed E-state index contributed by atoms with van der Waals surface area (Å²) >= 11 is 0. The summed E-state index contributed by atoms with van der Waals surface area (Å²) in [6.07, 6.45) is 0.0258. The van der Waals surface area contributed by atoms with E-state index < -0.39 is 6.10 Å². The van der Waals surface area contributed by atoms with Gasteiger partial charge in [0.15, 0.2) is 11.5 Å². The van der Waals surface area contributed by atoms with Gasteiger partial charge in [0, 0.05) is 30.3 Å². The van der Waals surface area contributed by atoms with E-state index in [9.17, 15) is 9.90 Å². The van der Waals surface area contributed by atoms with Crippen LogP contribution in [0.15, 0.2) is 18.2 Å². The van der Waals surface area contributed by atoms with Crippen molar-refractivity contribution in [1.29, 1.82) is 0 Å². The van der Waals surface area contributed by atoms with E-state index in [-0.39, 0.29) is 18.4 Å². The van der Waals surface area contributed by atoms with Crippen LogP contribution in [-0.2, 0) is 6.42 Å². The van der Waals surface area contributed by atoms with Gasteiger partial charge in [-0.25, -0.2) is 0 Å². The molecule has 1 aromatic carbocycles. The molecule has 1 fully saturated rings. The predicted octanol–water partition coefficient (Wildman–Crippen LogP) is 1.42. The number of likely N-dealkylation sites (tertiary alicyclic amines) is 1. The number of nitrogens with zero attached hydrogens (tertiary/aromatic N) is 2. The lowest BCUT2D eigenvalue weighted by Crippen LogP contribution is -2.29. The van der Waals surface area contributed by atoms with Gasteiger partial charge < -0.3 is 24.2 Å². The number of benzene rings is 1. The summed E-state index contributed by atoms with van der Waals surface area (Å²) in [6.45, 7) is 2.67. The maximum Gasteiger partial charge on any atom is 0.254 e. The molecule has 0 spiro atoms. The maximum absolute atomic E-state index is 13.0. The average molecular weight is 375 g/mol. The number of aromatic amines is 1. The number of methoxy groups -OCH3 is 3. The van der Waals surface area contributed by atoms with E-state index in [1.54, 1.807) is 17.0 Å². The molecule has 1 aliphatic heterocycles. The summed E-state index contributed by atoms with van der Waals surface area (Å²) in [5, 5.41) is 17.5. The minimum absolute atomic E-state index is 0.0568. The zero-order valence-electron chi connectivity index (χ0n) is 16.0. The third-order valence-corrected chi connectivity index (χ3v) is 4.84. The van der Waals surface area contributed by atoms with Crippen LogP contribution in [0.2, 0.25) is 0 Å². The molecule has 2 heterocycles. The highest BCUT2D eigenvalue weighted by atomic mass is 16.5. The molecule has 1 saturated heterocycles. The van der Waals surface area contributed by atoms with Crippen molar-refractivity contribution < 1.29 is 24.1 Å². The molecule has 0 radical (unpaired) electrons. The van der Waals surface area contributed by atoms with E-state index in [0.717, 1.165) is 11.4 Å². The van der Waals surface area contributed by atoms with Gasteiger partial charge in [-0.2, -0.15) is 5.10 Å². The minimum atomic E-state index is -0.590. The third kappa shape index (κ3) is 3.85. The summed E-state index contributed by atoms with van der Waals surface area (Å²) in [5.41, 5.74) is 2.29. The first-order valence-electron chi connectivity index (χ1n) is 8.75. The monoisotopic (exact) mass is 375 g/mol. The zero-order valence-corrected chi connectivity index (χ0v) is 16.0. The maximum atomic E-state index is 13.0. The molecule has 1 aliphatic rings. The summed E-state index contributed by atoms with van der Waals surface area (Å²) in [4.78, 5) is 14.6. The Kier molecular flexibility index (Phi) is 5.55. The molecule has 27 heavy (non-hydrogen) atoms. The summed E-state index contributed by atoms with van der Waals surface area (Å²) in [6, 6.07) is 5.21. The lowest BCUT2D eigenvalue weighted by Gasteiger charge is -2.18. The Morgan fingerprint density at radius 1 is 1.19 bits per heavy atom. The van der Waals surface area contributed by atoms with Crippen LogP contribution in [0.4, 0.5) is 0 Å². The Morgan fingerprint density at radius 3 is 2.37 bits per heavy atom. The number of aliphatic hydroxyl groups excluding tert-OH is 1. The van der Waals surface area contributed by atoms with E-state index in [2.05, 4.69) is 10.2 Å². The number of aryl methyl sites for hydroxylation is 1. The molecule has 0 unspecified atom stereocenters. The number of nitrogens with one attached hydrogen (secondary N) is 1. The number of aliphatic hydroxyl groups is 1. The van der Waals surface area contributed by atoms with Crippen molar-refractivity contribution in [1.82, 2.24) is 15.1 Å². The van der Waals surface area contributed by atoms with Crippen LogP contribution in [0.25, 0.3) is 0 Å². The minimum Gasteiger partial charge on any atom is -0.493 e. The zero-order chi connectivity index (χ0) is 19.6. The molecule has 0 aliphatic carbocycles. The topological polar surface area (TPSA) is 96.9 Å². The number of hydrogen-bond donors (Lipinski definition) is 2. The van der Waals surface area contributed by atoms with Crippen molar-refractivity contribution >= 4 is 5.91 Å². The SMILES string of the molecule is COc1cc(C(=O)N2C[C@@H](Cc3cc(C)[nH]n3)[C@H](O)C2)cc(OC)c1OC. The second kappa shape index (κ2) is 7.87. The van der Waals surface area contributed by atoms with E-state index in [1.165, 1.54) is 21.3 Å². The molecule has 0 saturated carbocycles. The molecule has 0 bridgehead atoms. The van der Waals surface area contributed by atoms with Crippen molar-refractivity contribution in [2.45, 2.75) is 19.4 Å². The third-order valence-electron chi connectivity index (χ3n) is 4.84. The number of amides is 1. The number of β-amino-alcohol motifs (C(OH)–C–C–N with tert-alkyl or cyclic N) is 1. The van der Waals surface area contributed by atoms with Crippen molar-refractivity contribution in [2.24, 2.45) is 5.92 Å². The van der Waals surface area contributed by atoms with E-state index in [1.807, 2.05) is 13.0 Å². The molecule has 1 aromatic heterocycles. The molecular weight excluding hydrogens is 350 g/mol. The van der Waals surface area contributed by atoms with Crippen LogP contribution < -0.4 is 14.2 Å². The van der Waals surface area contributed by atoms with Gasteiger partial charge in [-0.3, -0.25) is 9.89 Å². The van der Waals surface area contributed by atoms with Gasteiger partial charge in [0.1, 0.15) is 0 Å². The van der Waals surface area contributed by atoms with Crippen LogP contribution in [-0.4, -0.2) is 66.6 Å². The smallest absolute Gasteiger partial charge is 0.254 e. The second-order valence-corrected chi connectivity index (χ2v) is 6.70. The highest BCUT2D eigenvalue weighted by molar-refractivity contribution is 5.96. The van der Waals surface area contributed by atoms with Crippen molar-refractivity contribution in [3.8, 4) is 17.2 Å². The molecule has 3 rings (SSSR count). The quantitative estimate of drug-likeness (QED) is 0.793. The van der Waals surface area contributed by atoms with Crippen LogP contribution in [0.1, 0.15) is 21.7 Å². The number of carbonyl (C=O) groups is 1. The van der Waals surface area contributed by atoms with Crippen LogP contribution in [0.3, 0.4) is 0 Å². The van der Waals surface area contributed by atoms with Crippen LogP contribution in [0.5, 0.6) is 17.2 Å². The van der Waals surface area contributed by atoms with Gasteiger partial charge >= 0.3 is 0 Å². The van der Waals surface area contributed by atoms with Crippen LogP contribution in [0, 0.1) is 12.8 Å². The van der Waals surface area contributed by atoms with Gasteiger partial charge in [-0.1, -0.05) is 0 Å². The van der Waals surface area contributed by atoms with Crippen LogP contribution >= 0.6 is 0 Å². The molecule has 2 N–H and O–H groups in total. The van der Waals surface area contributed by atoms with E-state index >= 15 is 0 Å². The molecule has 146 valence electrons.